The van der Waals surface area contributed by atoms with Crippen molar-refractivity contribution in [2.45, 2.75) is 6.04 Å². The summed E-state index contributed by atoms with van der Waals surface area (Å²) >= 11 is 0. The van der Waals surface area contributed by atoms with E-state index in [1.54, 1.807) is 6.07 Å². The predicted octanol–water partition coefficient (Wildman–Crippen LogP) is 1.61. The maximum atomic E-state index is 13.0. The van der Waals surface area contributed by atoms with E-state index < -0.39 is 5.82 Å². The molecule has 0 aromatic heterocycles. The molecule has 3 nitrogen and oxygen atoms in total. The molecule has 2 rings (SSSR count). The van der Waals surface area contributed by atoms with Gasteiger partial charge in [-0.15, -0.1) is 12.4 Å². The fraction of sp³-hybridized carbons (Fsp3) is 0.400. The first-order valence-corrected chi connectivity index (χ1v) is 4.57. The number of benzene rings is 1. The van der Waals surface area contributed by atoms with Crippen LogP contribution >= 0.6 is 12.4 Å². The fourth-order valence-electron chi connectivity index (χ4n) is 1.52. The number of nitrogens with one attached hydrogen (secondary N) is 1. The number of hydrogen-bond acceptors (Lipinski definition) is 3. The van der Waals surface area contributed by atoms with Crippen LogP contribution in [0, 0.1) is 5.82 Å². The average Bonchev–Trinajstić information content (AvgIpc) is 2.23. The summed E-state index contributed by atoms with van der Waals surface area (Å²) in [7, 11) is 0. The van der Waals surface area contributed by atoms with Gasteiger partial charge in [-0.3, -0.25) is 0 Å². The zero-order valence-corrected chi connectivity index (χ0v) is 8.89. The van der Waals surface area contributed by atoms with Crippen LogP contribution in [0.15, 0.2) is 18.2 Å². The molecule has 1 saturated heterocycles. The largest absolute Gasteiger partial charge is 0.505 e. The molecule has 15 heavy (non-hydrogen) atoms. The molecular formula is C10H13ClFNO2. The highest BCUT2D eigenvalue weighted by molar-refractivity contribution is 5.85. The number of phenols is 1. The summed E-state index contributed by atoms with van der Waals surface area (Å²) in [5.74, 6) is -0.902. The SMILES string of the molecule is Cl.Oc1ccc([C@@H]2COCCN2)cc1F. The Morgan fingerprint density at radius 1 is 1.47 bits per heavy atom. The van der Waals surface area contributed by atoms with Gasteiger partial charge >= 0.3 is 0 Å². The van der Waals surface area contributed by atoms with Gasteiger partial charge in [-0.25, -0.2) is 4.39 Å². The molecule has 0 spiro atoms. The first kappa shape index (κ1) is 12.2. The molecule has 0 bridgehead atoms. The molecule has 5 heteroatoms. The summed E-state index contributed by atoms with van der Waals surface area (Å²) in [4.78, 5) is 0. The van der Waals surface area contributed by atoms with Crippen molar-refractivity contribution in [2.24, 2.45) is 0 Å². The lowest BCUT2D eigenvalue weighted by atomic mass is 10.1. The van der Waals surface area contributed by atoms with Gasteiger partial charge in [0.1, 0.15) is 0 Å². The van der Waals surface area contributed by atoms with Crippen LogP contribution in [0.25, 0.3) is 0 Å². The van der Waals surface area contributed by atoms with Crippen LogP contribution in [0.5, 0.6) is 5.75 Å². The molecule has 0 unspecified atom stereocenters. The summed E-state index contributed by atoms with van der Waals surface area (Å²) < 4.78 is 18.3. The van der Waals surface area contributed by atoms with Crippen LogP contribution in [-0.4, -0.2) is 24.9 Å². The van der Waals surface area contributed by atoms with Gasteiger partial charge in [0.2, 0.25) is 0 Å². The van der Waals surface area contributed by atoms with Crippen LogP contribution in [0.1, 0.15) is 11.6 Å². The molecule has 2 N–H and O–H groups in total. The van der Waals surface area contributed by atoms with Crippen molar-refractivity contribution in [1.82, 2.24) is 5.32 Å². The second kappa shape index (κ2) is 5.30. The van der Waals surface area contributed by atoms with Crippen LogP contribution < -0.4 is 5.32 Å². The number of phenolic OH excluding ortho intramolecular Hbond substituents is 1. The molecule has 1 aliphatic rings. The van der Waals surface area contributed by atoms with Gasteiger partial charge in [-0.1, -0.05) is 6.07 Å². The van der Waals surface area contributed by atoms with Gasteiger partial charge in [0.15, 0.2) is 11.6 Å². The third-order valence-corrected chi connectivity index (χ3v) is 2.30. The van der Waals surface area contributed by atoms with Crippen LogP contribution in [0.4, 0.5) is 4.39 Å². The number of morpholine rings is 1. The zero-order chi connectivity index (χ0) is 9.97. The molecule has 0 radical (unpaired) electrons. The standard InChI is InChI=1S/C10H12FNO2.ClH/c11-8-5-7(1-2-10(8)13)9-6-14-4-3-12-9;/h1-2,5,9,12-13H,3-4,6H2;1H/t9-;/m0./s1. The smallest absolute Gasteiger partial charge is 0.165 e. The quantitative estimate of drug-likeness (QED) is 0.775. The first-order valence-electron chi connectivity index (χ1n) is 4.57. The molecule has 0 amide bonds. The maximum Gasteiger partial charge on any atom is 0.165 e. The normalized spacial score (nSPS) is 20.7. The molecule has 1 aromatic carbocycles. The molecular weight excluding hydrogens is 221 g/mol. The Morgan fingerprint density at radius 2 is 2.27 bits per heavy atom. The van der Waals surface area contributed by atoms with Gasteiger partial charge in [-0.05, 0) is 17.7 Å². The molecule has 1 aromatic rings. The Balaban J connectivity index is 0.00000112. The molecule has 84 valence electrons. The van der Waals surface area contributed by atoms with E-state index in [-0.39, 0.29) is 24.2 Å². The summed E-state index contributed by atoms with van der Waals surface area (Å²) in [5, 5.41) is 12.2. The third kappa shape index (κ3) is 2.81. The highest BCUT2D eigenvalue weighted by Gasteiger charge is 2.16. The van der Waals surface area contributed by atoms with Crippen molar-refractivity contribution in [3.8, 4) is 5.75 Å². The van der Waals surface area contributed by atoms with Crippen molar-refractivity contribution < 1.29 is 14.2 Å². The second-order valence-electron chi connectivity index (χ2n) is 3.29. The monoisotopic (exact) mass is 233 g/mol. The fourth-order valence-corrected chi connectivity index (χ4v) is 1.52. The van der Waals surface area contributed by atoms with E-state index in [1.165, 1.54) is 12.1 Å². The van der Waals surface area contributed by atoms with Crippen molar-refractivity contribution in [3.63, 3.8) is 0 Å². The summed E-state index contributed by atoms with van der Waals surface area (Å²) in [6.07, 6.45) is 0. The lowest BCUT2D eigenvalue weighted by Gasteiger charge is -2.24. The third-order valence-electron chi connectivity index (χ3n) is 2.30. The molecule has 1 atom stereocenters. The average molecular weight is 234 g/mol. The topological polar surface area (TPSA) is 41.5 Å². The van der Waals surface area contributed by atoms with Gasteiger partial charge in [-0.2, -0.15) is 0 Å². The zero-order valence-electron chi connectivity index (χ0n) is 8.07. The van der Waals surface area contributed by atoms with Crippen LogP contribution in [-0.2, 0) is 4.74 Å². The Labute approximate surface area is 93.7 Å². The summed E-state index contributed by atoms with van der Waals surface area (Å²) in [6.45, 7) is 2.01. The predicted molar refractivity (Wildman–Crippen MR) is 56.9 cm³/mol. The van der Waals surface area contributed by atoms with E-state index in [9.17, 15) is 4.39 Å². The van der Waals surface area contributed by atoms with Crippen molar-refractivity contribution in [3.05, 3.63) is 29.6 Å². The number of halogens is 2. The highest BCUT2D eigenvalue weighted by Crippen LogP contribution is 2.21. The Morgan fingerprint density at radius 3 is 2.87 bits per heavy atom. The van der Waals surface area contributed by atoms with Crippen molar-refractivity contribution in [1.29, 1.82) is 0 Å². The maximum absolute atomic E-state index is 13.0. The Hall–Kier alpha value is -0.840. The number of aromatic hydroxyl groups is 1. The van der Waals surface area contributed by atoms with Gasteiger partial charge in [0, 0.05) is 6.54 Å². The first-order chi connectivity index (χ1) is 6.77. The Kier molecular flexibility index (Phi) is 4.32. The Bertz CT molecular complexity index is 329. The van der Waals surface area contributed by atoms with Gasteiger partial charge in [0.05, 0.1) is 19.3 Å². The van der Waals surface area contributed by atoms with E-state index in [4.69, 9.17) is 9.84 Å². The minimum Gasteiger partial charge on any atom is -0.505 e. The van der Waals surface area contributed by atoms with Gasteiger partial charge < -0.3 is 15.2 Å². The minimum absolute atomic E-state index is 0. The molecule has 0 saturated carbocycles. The van der Waals surface area contributed by atoms with Crippen LogP contribution in [0.2, 0.25) is 0 Å². The summed E-state index contributed by atoms with van der Waals surface area (Å²) in [6, 6.07) is 4.42. The van der Waals surface area contributed by atoms with Crippen LogP contribution in [0.3, 0.4) is 0 Å². The lowest BCUT2D eigenvalue weighted by Crippen LogP contribution is -2.34. The second-order valence-corrected chi connectivity index (χ2v) is 3.29. The van der Waals surface area contributed by atoms with E-state index in [1.807, 2.05) is 0 Å². The van der Waals surface area contributed by atoms with E-state index in [0.717, 1.165) is 12.1 Å². The van der Waals surface area contributed by atoms with Gasteiger partial charge in [0.25, 0.3) is 0 Å². The number of rotatable bonds is 1. The lowest BCUT2D eigenvalue weighted by molar-refractivity contribution is 0.0767. The number of hydrogen-bond donors (Lipinski definition) is 2. The van der Waals surface area contributed by atoms with E-state index >= 15 is 0 Å². The highest BCUT2D eigenvalue weighted by atomic mass is 35.5. The minimum atomic E-state index is -0.588. The van der Waals surface area contributed by atoms with Crippen molar-refractivity contribution in [2.75, 3.05) is 19.8 Å². The van der Waals surface area contributed by atoms with E-state index in [0.29, 0.717) is 13.2 Å². The summed E-state index contributed by atoms with van der Waals surface area (Å²) in [5.41, 5.74) is 0.806. The number of ether oxygens (including phenoxy) is 1. The molecule has 1 heterocycles. The van der Waals surface area contributed by atoms with Crippen molar-refractivity contribution >= 4 is 12.4 Å². The molecule has 0 aliphatic carbocycles. The molecule has 1 aliphatic heterocycles. The molecule has 1 fully saturated rings. The van der Waals surface area contributed by atoms with E-state index in [2.05, 4.69) is 5.32 Å².